The molecule has 1 aliphatic rings. The molecule has 0 fully saturated rings. The van der Waals surface area contributed by atoms with Crippen LogP contribution in [0.15, 0.2) is 35.9 Å². The van der Waals surface area contributed by atoms with Crippen LogP contribution in [0.1, 0.15) is 31.2 Å². The molecule has 0 heterocycles. The Morgan fingerprint density at radius 3 is 3.00 bits per heavy atom. The van der Waals surface area contributed by atoms with Crippen LogP contribution in [0.2, 0.25) is 0 Å². The van der Waals surface area contributed by atoms with Crippen molar-refractivity contribution in [2.45, 2.75) is 32.2 Å². The normalized spacial score (nSPS) is 15.1. The lowest BCUT2D eigenvalue weighted by Crippen LogP contribution is -2.14. The van der Waals surface area contributed by atoms with Crippen LogP contribution in [0, 0.1) is 0 Å². The van der Waals surface area contributed by atoms with Gasteiger partial charge in [0.05, 0.1) is 0 Å². The second kappa shape index (κ2) is 5.71. The average Bonchev–Trinajstić information content (AvgIpc) is 2.77. The van der Waals surface area contributed by atoms with E-state index in [-0.39, 0.29) is 0 Å². The maximum atomic E-state index is 9.31. The topological polar surface area (TPSA) is 32.3 Å². The maximum absolute atomic E-state index is 9.31. The van der Waals surface area contributed by atoms with Gasteiger partial charge in [0.25, 0.3) is 0 Å². The summed E-state index contributed by atoms with van der Waals surface area (Å²) in [6.07, 6.45) is 7.42. The monoisotopic (exact) mass is 217 g/mol. The molecule has 0 aromatic heterocycles. The van der Waals surface area contributed by atoms with Gasteiger partial charge in [0.2, 0.25) is 0 Å². The zero-order chi connectivity index (χ0) is 11.2. The van der Waals surface area contributed by atoms with Gasteiger partial charge in [-0.3, -0.25) is 0 Å². The third-order valence-electron chi connectivity index (χ3n) is 3.00. The van der Waals surface area contributed by atoms with E-state index in [1.165, 1.54) is 25.7 Å². The second-order valence-corrected chi connectivity index (χ2v) is 4.35. The second-order valence-electron chi connectivity index (χ2n) is 4.35. The summed E-state index contributed by atoms with van der Waals surface area (Å²) in [6.45, 7) is 1.86. The van der Waals surface area contributed by atoms with E-state index in [0.717, 1.165) is 18.7 Å². The van der Waals surface area contributed by atoms with Crippen molar-refractivity contribution in [3.8, 4) is 5.75 Å². The Hall–Kier alpha value is -1.28. The SMILES string of the molecule is Oc1cccc(CNCCC2=CCCC2)c1. The minimum Gasteiger partial charge on any atom is -0.508 e. The molecule has 86 valence electrons. The van der Waals surface area contributed by atoms with Crippen molar-refractivity contribution in [3.05, 3.63) is 41.5 Å². The summed E-state index contributed by atoms with van der Waals surface area (Å²) in [7, 11) is 0. The van der Waals surface area contributed by atoms with E-state index in [9.17, 15) is 5.11 Å². The number of rotatable bonds is 5. The van der Waals surface area contributed by atoms with Gasteiger partial charge in [-0.05, 0) is 49.9 Å². The minimum atomic E-state index is 0.345. The summed E-state index contributed by atoms with van der Waals surface area (Å²) in [6, 6.07) is 7.42. The van der Waals surface area contributed by atoms with E-state index in [0.29, 0.717) is 5.75 Å². The molecule has 2 nitrogen and oxygen atoms in total. The first-order valence-corrected chi connectivity index (χ1v) is 6.01. The molecule has 0 bridgehead atoms. The Balaban J connectivity index is 1.68. The number of hydrogen-bond donors (Lipinski definition) is 2. The first-order valence-electron chi connectivity index (χ1n) is 6.01. The highest BCUT2D eigenvalue weighted by molar-refractivity contribution is 5.26. The highest BCUT2D eigenvalue weighted by Gasteiger charge is 2.03. The molecule has 1 aromatic rings. The van der Waals surface area contributed by atoms with E-state index in [1.807, 2.05) is 18.2 Å². The van der Waals surface area contributed by atoms with Gasteiger partial charge in [-0.2, -0.15) is 0 Å². The first-order chi connectivity index (χ1) is 7.84. The van der Waals surface area contributed by atoms with Crippen LogP contribution in [0.5, 0.6) is 5.75 Å². The van der Waals surface area contributed by atoms with Crippen molar-refractivity contribution in [1.82, 2.24) is 5.32 Å². The summed E-state index contributed by atoms with van der Waals surface area (Å²) in [5, 5.41) is 12.7. The number of allylic oxidation sites excluding steroid dienone is 1. The lowest BCUT2D eigenvalue weighted by atomic mass is 10.1. The molecule has 0 radical (unpaired) electrons. The molecule has 1 aliphatic carbocycles. The molecule has 0 spiro atoms. The van der Waals surface area contributed by atoms with Gasteiger partial charge in [0, 0.05) is 6.54 Å². The fourth-order valence-electron chi connectivity index (χ4n) is 2.11. The molecule has 0 amide bonds. The third-order valence-corrected chi connectivity index (χ3v) is 3.00. The van der Waals surface area contributed by atoms with Crippen LogP contribution in [-0.4, -0.2) is 11.7 Å². The van der Waals surface area contributed by atoms with Crippen LogP contribution >= 0.6 is 0 Å². The third kappa shape index (κ3) is 3.38. The van der Waals surface area contributed by atoms with Gasteiger partial charge in [-0.1, -0.05) is 23.8 Å². The summed E-state index contributed by atoms with van der Waals surface area (Å²) in [4.78, 5) is 0. The zero-order valence-corrected chi connectivity index (χ0v) is 9.58. The molecule has 0 unspecified atom stereocenters. The fourth-order valence-corrected chi connectivity index (χ4v) is 2.11. The lowest BCUT2D eigenvalue weighted by molar-refractivity contribution is 0.474. The molecular formula is C14H19NO. The van der Waals surface area contributed by atoms with Crippen LogP contribution in [0.3, 0.4) is 0 Å². The van der Waals surface area contributed by atoms with Crippen LogP contribution in [0.4, 0.5) is 0 Å². The molecule has 1 aromatic carbocycles. The van der Waals surface area contributed by atoms with Crippen molar-refractivity contribution in [2.24, 2.45) is 0 Å². The largest absolute Gasteiger partial charge is 0.508 e. The number of hydrogen-bond acceptors (Lipinski definition) is 2. The van der Waals surface area contributed by atoms with Crippen molar-refractivity contribution in [3.63, 3.8) is 0 Å². The Morgan fingerprint density at radius 1 is 1.31 bits per heavy atom. The highest BCUT2D eigenvalue weighted by Crippen LogP contribution is 2.19. The van der Waals surface area contributed by atoms with Gasteiger partial charge >= 0.3 is 0 Å². The summed E-state index contributed by atoms with van der Waals surface area (Å²) in [5.41, 5.74) is 2.74. The van der Waals surface area contributed by atoms with Gasteiger partial charge in [0.1, 0.15) is 5.75 Å². The van der Waals surface area contributed by atoms with Crippen LogP contribution in [-0.2, 0) is 6.54 Å². The Kier molecular flexibility index (Phi) is 4.00. The predicted molar refractivity (Wildman–Crippen MR) is 66.4 cm³/mol. The van der Waals surface area contributed by atoms with Gasteiger partial charge < -0.3 is 10.4 Å². The van der Waals surface area contributed by atoms with Crippen molar-refractivity contribution >= 4 is 0 Å². The van der Waals surface area contributed by atoms with Gasteiger partial charge in [0.15, 0.2) is 0 Å². The summed E-state index contributed by atoms with van der Waals surface area (Å²) < 4.78 is 0. The quantitative estimate of drug-likeness (QED) is 0.587. The number of nitrogens with one attached hydrogen (secondary N) is 1. The number of benzene rings is 1. The first kappa shape index (κ1) is 11.2. The molecule has 2 N–H and O–H groups in total. The molecule has 0 atom stereocenters. The molecule has 16 heavy (non-hydrogen) atoms. The van der Waals surface area contributed by atoms with Crippen molar-refractivity contribution < 1.29 is 5.11 Å². The number of phenolic OH excluding ortho intramolecular Hbond substituents is 1. The van der Waals surface area contributed by atoms with Crippen LogP contribution < -0.4 is 5.32 Å². The summed E-state index contributed by atoms with van der Waals surface area (Å²) in [5.74, 6) is 0.345. The van der Waals surface area contributed by atoms with E-state index in [1.54, 1.807) is 11.6 Å². The standard InChI is InChI=1S/C14H19NO/c16-14-7-3-6-13(10-14)11-15-9-8-12-4-1-2-5-12/h3-4,6-7,10,15-16H,1-2,5,8-9,11H2. The van der Waals surface area contributed by atoms with Crippen LogP contribution in [0.25, 0.3) is 0 Å². The highest BCUT2D eigenvalue weighted by atomic mass is 16.3. The Labute approximate surface area is 97.0 Å². The van der Waals surface area contributed by atoms with E-state index >= 15 is 0 Å². The fraction of sp³-hybridized carbons (Fsp3) is 0.429. The van der Waals surface area contributed by atoms with Gasteiger partial charge in [-0.25, -0.2) is 0 Å². The molecule has 2 heteroatoms. The molecule has 0 saturated heterocycles. The number of aromatic hydroxyl groups is 1. The maximum Gasteiger partial charge on any atom is 0.115 e. The molecule has 2 rings (SSSR count). The Morgan fingerprint density at radius 2 is 2.25 bits per heavy atom. The number of phenols is 1. The summed E-state index contributed by atoms with van der Waals surface area (Å²) >= 11 is 0. The van der Waals surface area contributed by atoms with Crippen molar-refractivity contribution in [1.29, 1.82) is 0 Å². The predicted octanol–water partition coefficient (Wildman–Crippen LogP) is 2.98. The zero-order valence-electron chi connectivity index (χ0n) is 9.58. The smallest absolute Gasteiger partial charge is 0.115 e. The van der Waals surface area contributed by atoms with E-state index in [2.05, 4.69) is 11.4 Å². The van der Waals surface area contributed by atoms with E-state index < -0.39 is 0 Å². The minimum absolute atomic E-state index is 0.345. The molecular weight excluding hydrogens is 198 g/mol. The molecule has 0 aliphatic heterocycles. The van der Waals surface area contributed by atoms with E-state index in [4.69, 9.17) is 0 Å². The average molecular weight is 217 g/mol. The van der Waals surface area contributed by atoms with Gasteiger partial charge in [-0.15, -0.1) is 0 Å². The Bertz CT molecular complexity index is 371. The lowest BCUT2D eigenvalue weighted by Gasteiger charge is -2.06. The molecule has 0 saturated carbocycles. The van der Waals surface area contributed by atoms with Crippen molar-refractivity contribution in [2.75, 3.05) is 6.54 Å².